The Kier molecular flexibility index (Phi) is 2.72. The molecule has 2 rings (SSSR count). The highest BCUT2D eigenvalue weighted by Crippen LogP contribution is 2.27. The van der Waals surface area contributed by atoms with Crippen LogP contribution >= 0.6 is 0 Å². The molecule has 0 unspecified atom stereocenters. The summed E-state index contributed by atoms with van der Waals surface area (Å²) >= 11 is 0. The van der Waals surface area contributed by atoms with Crippen molar-refractivity contribution in [3.8, 4) is 17.0 Å². The molecule has 2 aromatic heterocycles. The predicted molar refractivity (Wildman–Crippen MR) is 63.2 cm³/mol. The molecule has 0 bridgehead atoms. The van der Waals surface area contributed by atoms with E-state index in [-0.39, 0.29) is 0 Å². The third kappa shape index (κ3) is 1.82. The normalized spacial score (nSPS) is 10.1. The summed E-state index contributed by atoms with van der Waals surface area (Å²) in [5.74, 6) is 0.636. The van der Waals surface area contributed by atoms with Crippen LogP contribution in [0.3, 0.4) is 0 Å². The van der Waals surface area contributed by atoms with Gasteiger partial charge < -0.3 is 10.5 Å². The van der Waals surface area contributed by atoms with Crippen molar-refractivity contribution in [2.24, 2.45) is 0 Å². The number of aryl methyl sites for hydroxylation is 1. The molecule has 0 radical (unpaired) electrons. The summed E-state index contributed by atoms with van der Waals surface area (Å²) in [7, 11) is 1.61. The summed E-state index contributed by atoms with van der Waals surface area (Å²) < 4.78 is 5.11. The van der Waals surface area contributed by atoms with E-state index in [1.165, 1.54) is 0 Å². The number of methoxy groups -OCH3 is 1. The Morgan fingerprint density at radius 1 is 1.31 bits per heavy atom. The van der Waals surface area contributed by atoms with Crippen molar-refractivity contribution < 1.29 is 4.74 Å². The van der Waals surface area contributed by atoms with Gasteiger partial charge in [0.25, 0.3) is 0 Å². The molecule has 4 nitrogen and oxygen atoms in total. The Hall–Kier alpha value is -2.10. The molecule has 4 heteroatoms. The number of hydrogen-bond acceptors (Lipinski definition) is 4. The van der Waals surface area contributed by atoms with Gasteiger partial charge in [-0.3, -0.25) is 4.98 Å². The lowest BCUT2D eigenvalue weighted by molar-refractivity contribution is 0.394. The van der Waals surface area contributed by atoms with Crippen LogP contribution in [0.4, 0.5) is 5.69 Å². The van der Waals surface area contributed by atoms with Crippen molar-refractivity contribution in [1.29, 1.82) is 0 Å². The first-order valence-electron chi connectivity index (χ1n) is 4.93. The van der Waals surface area contributed by atoms with Gasteiger partial charge in [0, 0.05) is 29.1 Å². The summed E-state index contributed by atoms with van der Waals surface area (Å²) in [6, 6.07) is 3.87. The first kappa shape index (κ1) is 10.4. The molecule has 82 valence electrons. The number of rotatable bonds is 2. The van der Waals surface area contributed by atoms with E-state index in [1.54, 1.807) is 25.7 Å². The number of nitrogens with zero attached hydrogens (tertiary/aromatic N) is 2. The van der Waals surface area contributed by atoms with Gasteiger partial charge in [0.2, 0.25) is 5.88 Å². The molecule has 0 spiro atoms. The molecule has 0 saturated carbocycles. The van der Waals surface area contributed by atoms with E-state index in [2.05, 4.69) is 9.97 Å². The van der Waals surface area contributed by atoms with Gasteiger partial charge in [-0.1, -0.05) is 0 Å². The van der Waals surface area contributed by atoms with E-state index in [0.717, 1.165) is 16.7 Å². The minimum Gasteiger partial charge on any atom is -0.481 e. The van der Waals surface area contributed by atoms with Crippen molar-refractivity contribution in [2.75, 3.05) is 12.8 Å². The summed E-state index contributed by atoms with van der Waals surface area (Å²) in [5.41, 5.74) is 9.39. The fraction of sp³-hybridized carbons (Fsp3) is 0.167. The van der Waals surface area contributed by atoms with Gasteiger partial charge in [-0.25, -0.2) is 4.98 Å². The Labute approximate surface area is 94.1 Å². The minimum atomic E-state index is 0.636. The zero-order valence-electron chi connectivity index (χ0n) is 9.27. The zero-order chi connectivity index (χ0) is 11.5. The number of pyridine rings is 2. The van der Waals surface area contributed by atoms with Crippen molar-refractivity contribution in [2.45, 2.75) is 6.92 Å². The average molecular weight is 215 g/mol. The Morgan fingerprint density at radius 3 is 2.75 bits per heavy atom. The van der Waals surface area contributed by atoms with E-state index >= 15 is 0 Å². The molecule has 0 amide bonds. The smallest absolute Gasteiger partial charge is 0.215 e. The largest absolute Gasteiger partial charge is 0.481 e. The van der Waals surface area contributed by atoms with Gasteiger partial charge in [0.05, 0.1) is 19.0 Å². The maximum atomic E-state index is 5.85. The second kappa shape index (κ2) is 4.18. The average Bonchev–Trinajstić information content (AvgIpc) is 2.29. The van der Waals surface area contributed by atoms with Crippen molar-refractivity contribution >= 4 is 5.69 Å². The summed E-state index contributed by atoms with van der Waals surface area (Å²) in [6.45, 7) is 1.95. The number of nitrogens with two attached hydrogens (primary N) is 1. The van der Waals surface area contributed by atoms with E-state index < -0.39 is 0 Å². The number of anilines is 1. The van der Waals surface area contributed by atoms with Crippen LogP contribution in [0.2, 0.25) is 0 Å². The van der Waals surface area contributed by atoms with Crippen molar-refractivity contribution in [3.05, 3.63) is 36.3 Å². The maximum Gasteiger partial charge on any atom is 0.215 e. The second-order valence-corrected chi connectivity index (χ2v) is 3.51. The van der Waals surface area contributed by atoms with Crippen LogP contribution in [0.25, 0.3) is 11.1 Å². The number of hydrogen-bond donors (Lipinski definition) is 1. The highest BCUT2D eigenvalue weighted by atomic mass is 16.5. The van der Waals surface area contributed by atoms with Crippen molar-refractivity contribution in [1.82, 2.24) is 9.97 Å². The quantitative estimate of drug-likeness (QED) is 0.832. The molecular weight excluding hydrogens is 202 g/mol. The lowest BCUT2D eigenvalue weighted by Crippen LogP contribution is -1.94. The van der Waals surface area contributed by atoms with Gasteiger partial charge >= 0.3 is 0 Å². The first-order chi connectivity index (χ1) is 7.72. The highest BCUT2D eigenvalue weighted by Gasteiger charge is 2.06. The predicted octanol–water partition coefficient (Wildman–Crippen LogP) is 2.04. The van der Waals surface area contributed by atoms with Crippen LogP contribution in [0.5, 0.6) is 5.88 Å². The van der Waals surface area contributed by atoms with Gasteiger partial charge in [-0.2, -0.15) is 0 Å². The molecule has 0 saturated heterocycles. The zero-order valence-corrected chi connectivity index (χ0v) is 9.27. The highest BCUT2D eigenvalue weighted by molar-refractivity contribution is 5.75. The van der Waals surface area contributed by atoms with Crippen LogP contribution in [-0.4, -0.2) is 17.1 Å². The van der Waals surface area contributed by atoms with Gasteiger partial charge in [0.1, 0.15) is 0 Å². The SMILES string of the molecule is COc1ncc(-c2ccncc2N)cc1C. The minimum absolute atomic E-state index is 0.636. The fourth-order valence-electron chi connectivity index (χ4n) is 1.59. The Morgan fingerprint density at radius 2 is 2.12 bits per heavy atom. The molecule has 0 aliphatic heterocycles. The number of ether oxygens (including phenoxy) is 1. The summed E-state index contributed by atoms with van der Waals surface area (Å²) in [4.78, 5) is 8.17. The van der Waals surface area contributed by atoms with E-state index in [9.17, 15) is 0 Å². The molecule has 16 heavy (non-hydrogen) atoms. The molecule has 0 atom stereocenters. The molecule has 0 aliphatic carbocycles. The van der Waals surface area contributed by atoms with Crippen molar-refractivity contribution in [3.63, 3.8) is 0 Å². The number of aromatic nitrogens is 2. The molecule has 0 aromatic carbocycles. The molecule has 2 aromatic rings. The lowest BCUT2D eigenvalue weighted by atomic mass is 10.1. The maximum absolute atomic E-state index is 5.85. The monoisotopic (exact) mass is 215 g/mol. The Bertz CT molecular complexity index is 511. The van der Waals surface area contributed by atoms with Crippen LogP contribution in [0.15, 0.2) is 30.7 Å². The third-order valence-corrected chi connectivity index (χ3v) is 2.39. The lowest BCUT2D eigenvalue weighted by Gasteiger charge is -2.07. The van der Waals surface area contributed by atoms with Crippen LogP contribution < -0.4 is 10.5 Å². The Balaban J connectivity index is 2.50. The standard InChI is InChI=1S/C12H13N3O/c1-8-5-9(6-15-12(8)16-2)10-3-4-14-7-11(10)13/h3-7H,13H2,1-2H3. The molecule has 2 N–H and O–H groups in total. The summed E-state index contributed by atoms with van der Waals surface area (Å²) in [5, 5.41) is 0. The van der Waals surface area contributed by atoms with Crippen LogP contribution in [0.1, 0.15) is 5.56 Å². The molecule has 2 heterocycles. The summed E-state index contributed by atoms with van der Waals surface area (Å²) in [6.07, 6.45) is 5.09. The van der Waals surface area contributed by atoms with Gasteiger partial charge in [0.15, 0.2) is 0 Å². The van der Waals surface area contributed by atoms with Gasteiger partial charge in [-0.05, 0) is 19.1 Å². The first-order valence-corrected chi connectivity index (χ1v) is 4.93. The second-order valence-electron chi connectivity index (χ2n) is 3.51. The molecule has 0 fully saturated rings. The molecule has 0 aliphatic rings. The number of nitrogen functional groups attached to an aromatic ring is 1. The van der Waals surface area contributed by atoms with Crippen LogP contribution in [-0.2, 0) is 0 Å². The van der Waals surface area contributed by atoms with E-state index in [0.29, 0.717) is 11.6 Å². The fourth-order valence-corrected chi connectivity index (χ4v) is 1.59. The van der Waals surface area contributed by atoms with Gasteiger partial charge in [-0.15, -0.1) is 0 Å². The van der Waals surface area contributed by atoms with E-state index in [4.69, 9.17) is 10.5 Å². The molecular formula is C12H13N3O. The topological polar surface area (TPSA) is 61.0 Å². The third-order valence-electron chi connectivity index (χ3n) is 2.39. The van der Waals surface area contributed by atoms with E-state index in [1.807, 2.05) is 19.1 Å². The van der Waals surface area contributed by atoms with Crippen LogP contribution in [0, 0.1) is 6.92 Å².